The van der Waals surface area contributed by atoms with E-state index >= 15 is 0 Å². The van der Waals surface area contributed by atoms with Crippen LogP contribution in [0.15, 0.2) is 48.5 Å². The summed E-state index contributed by atoms with van der Waals surface area (Å²) in [5.74, 6) is -0.939. The van der Waals surface area contributed by atoms with Crippen LogP contribution in [-0.2, 0) is 22.3 Å². The van der Waals surface area contributed by atoms with Crippen molar-refractivity contribution in [3.63, 3.8) is 0 Å². The standard InChI is InChI=1S/C22H24O4/c23-21-19-9-1-2-10-20(19)22(24)26-16-6-4-8-18-13-11-17(12-14-18)7-3-5-15-25-21/h1-2,9-14H,3-8,15-16H2. The number of ether oxygens (including phenoxy) is 2. The van der Waals surface area contributed by atoms with E-state index in [1.165, 1.54) is 11.1 Å². The molecule has 4 nitrogen and oxygen atoms in total. The number of esters is 2. The highest BCUT2D eigenvalue weighted by atomic mass is 16.5. The fraction of sp³-hybridized carbons (Fsp3) is 0.364. The number of benzene rings is 2. The Kier molecular flexibility index (Phi) is 6.42. The maximum absolute atomic E-state index is 12.3. The summed E-state index contributed by atoms with van der Waals surface area (Å²) in [6.07, 6.45) is 5.44. The van der Waals surface area contributed by atoms with Crippen molar-refractivity contribution < 1.29 is 19.1 Å². The van der Waals surface area contributed by atoms with Gasteiger partial charge in [-0.05, 0) is 61.8 Å². The summed E-state index contributed by atoms with van der Waals surface area (Å²) in [6.45, 7) is 0.695. The van der Waals surface area contributed by atoms with Crippen molar-refractivity contribution >= 4 is 11.9 Å². The van der Waals surface area contributed by atoms with Crippen LogP contribution in [0.1, 0.15) is 57.5 Å². The second kappa shape index (κ2) is 9.18. The van der Waals surface area contributed by atoms with E-state index in [-0.39, 0.29) is 11.1 Å². The van der Waals surface area contributed by atoms with Gasteiger partial charge in [0.25, 0.3) is 0 Å². The molecule has 0 saturated carbocycles. The van der Waals surface area contributed by atoms with Crippen LogP contribution in [0.3, 0.4) is 0 Å². The summed E-state index contributed by atoms with van der Waals surface area (Å²) >= 11 is 0. The Morgan fingerprint density at radius 2 is 1.00 bits per heavy atom. The molecule has 136 valence electrons. The smallest absolute Gasteiger partial charge is 0.339 e. The molecule has 2 aromatic rings. The monoisotopic (exact) mass is 352 g/mol. The number of rotatable bonds is 0. The molecule has 0 amide bonds. The van der Waals surface area contributed by atoms with Gasteiger partial charge in [-0.25, -0.2) is 9.59 Å². The highest BCUT2D eigenvalue weighted by Gasteiger charge is 2.18. The number of carbonyl (C=O) groups excluding carboxylic acids is 2. The second-order valence-electron chi connectivity index (χ2n) is 6.55. The van der Waals surface area contributed by atoms with Crippen molar-refractivity contribution in [1.29, 1.82) is 0 Å². The third-order valence-electron chi connectivity index (χ3n) is 4.58. The van der Waals surface area contributed by atoms with Crippen molar-refractivity contribution in [2.75, 3.05) is 13.2 Å². The van der Waals surface area contributed by atoms with Crippen molar-refractivity contribution in [2.24, 2.45) is 0 Å². The second-order valence-corrected chi connectivity index (χ2v) is 6.55. The quantitative estimate of drug-likeness (QED) is 0.661. The SMILES string of the molecule is O=C1OCCCCc2ccc(cc2)CCCCOC(=O)c2ccccc21. The zero-order chi connectivity index (χ0) is 18.2. The molecule has 4 rings (SSSR count). The first-order valence-electron chi connectivity index (χ1n) is 9.25. The largest absolute Gasteiger partial charge is 0.462 e. The van der Waals surface area contributed by atoms with Gasteiger partial charge in [-0.2, -0.15) is 0 Å². The van der Waals surface area contributed by atoms with Gasteiger partial charge in [0.2, 0.25) is 0 Å². The average molecular weight is 352 g/mol. The summed E-state index contributed by atoms with van der Waals surface area (Å²) in [5.41, 5.74) is 3.16. The number of hydrogen-bond acceptors (Lipinski definition) is 4. The Hall–Kier alpha value is -2.62. The molecule has 26 heavy (non-hydrogen) atoms. The lowest BCUT2D eigenvalue weighted by Gasteiger charge is -2.11. The predicted octanol–water partition coefficient (Wildman–Crippen LogP) is 4.36. The fourth-order valence-electron chi connectivity index (χ4n) is 3.06. The molecule has 2 aliphatic heterocycles. The summed E-state index contributed by atoms with van der Waals surface area (Å²) in [5, 5.41) is 0. The maximum Gasteiger partial charge on any atom is 0.339 e. The topological polar surface area (TPSA) is 52.6 Å². The predicted molar refractivity (Wildman–Crippen MR) is 99.3 cm³/mol. The van der Waals surface area contributed by atoms with E-state index in [1.807, 2.05) is 0 Å². The first-order valence-corrected chi connectivity index (χ1v) is 9.25. The lowest BCUT2D eigenvalue weighted by molar-refractivity contribution is 0.0451. The minimum Gasteiger partial charge on any atom is -0.462 e. The lowest BCUT2D eigenvalue weighted by atomic mass is 10.0. The normalized spacial score (nSPS) is 16.8. The molecule has 2 aliphatic rings. The van der Waals surface area contributed by atoms with Crippen molar-refractivity contribution in [1.82, 2.24) is 0 Å². The van der Waals surface area contributed by atoms with Gasteiger partial charge in [-0.1, -0.05) is 36.4 Å². The number of carbonyl (C=O) groups is 2. The summed E-state index contributed by atoms with van der Waals surface area (Å²) in [4.78, 5) is 24.6. The summed E-state index contributed by atoms with van der Waals surface area (Å²) in [7, 11) is 0. The molecule has 0 radical (unpaired) electrons. The third kappa shape index (κ3) is 4.94. The van der Waals surface area contributed by atoms with Crippen molar-refractivity contribution in [3.05, 3.63) is 70.8 Å². The van der Waals surface area contributed by atoms with E-state index in [1.54, 1.807) is 24.3 Å². The molecule has 0 N–H and O–H groups in total. The van der Waals surface area contributed by atoms with Gasteiger partial charge in [-0.3, -0.25) is 0 Å². The lowest BCUT2D eigenvalue weighted by Crippen LogP contribution is -2.15. The summed E-state index contributed by atoms with van der Waals surface area (Å²) in [6, 6.07) is 15.3. The number of fused-ring (bicyclic) bond motifs is 12. The molecular weight excluding hydrogens is 328 g/mol. The molecule has 0 saturated heterocycles. The minimum atomic E-state index is -0.469. The van der Waals surface area contributed by atoms with E-state index in [2.05, 4.69) is 24.3 Å². The Morgan fingerprint density at radius 1 is 0.577 bits per heavy atom. The Morgan fingerprint density at radius 3 is 1.42 bits per heavy atom. The van der Waals surface area contributed by atoms with Crippen LogP contribution >= 0.6 is 0 Å². The first kappa shape index (κ1) is 18.2. The molecule has 4 heteroatoms. The van der Waals surface area contributed by atoms with Gasteiger partial charge in [0, 0.05) is 0 Å². The van der Waals surface area contributed by atoms with Crippen LogP contribution < -0.4 is 0 Å². The molecule has 2 heterocycles. The van der Waals surface area contributed by atoms with Crippen LogP contribution in [-0.4, -0.2) is 25.2 Å². The fourth-order valence-corrected chi connectivity index (χ4v) is 3.06. The van der Waals surface area contributed by atoms with Gasteiger partial charge in [0.15, 0.2) is 0 Å². The molecule has 0 aliphatic carbocycles. The van der Waals surface area contributed by atoms with E-state index < -0.39 is 11.9 Å². The molecule has 2 aromatic carbocycles. The van der Waals surface area contributed by atoms with Crippen LogP contribution in [0.4, 0.5) is 0 Å². The van der Waals surface area contributed by atoms with Gasteiger partial charge >= 0.3 is 11.9 Å². The zero-order valence-electron chi connectivity index (χ0n) is 14.9. The van der Waals surface area contributed by atoms with Crippen molar-refractivity contribution in [2.45, 2.75) is 38.5 Å². The van der Waals surface area contributed by atoms with E-state index in [4.69, 9.17) is 9.47 Å². The average Bonchev–Trinajstić information content (AvgIpc) is 2.67. The molecule has 0 spiro atoms. The van der Waals surface area contributed by atoms with Crippen LogP contribution in [0, 0.1) is 0 Å². The minimum absolute atomic E-state index is 0.272. The first-order chi connectivity index (χ1) is 12.7. The van der Waals surface area contributed by atoms with Gasteiger partial charge in [-0.15, -0.1) is 0 Å². The highest BCUT2D eigenvalue weighted by Crippen LogP contribution is 2.15. The Balaban J connectivity index is 1.71. The molecule has 0 aromatic heterocycles. The molecule has 0 unspecified atom stereocenters. The van der Waals surface area contributed by atoms with Gasteiger partial charge in [0.1, 0.15) is 0 Å². The van der Waals surface area contributed by atoms with Crippen LogP contribution in [0.5, 0.6) is 0 Å². The van der Waals surface area contributed by atoms with Crippen LogP contribution in [0.2, 0.25) is 0 Å². The molecule has 0 fully saturated rings. The van der Waals surface area contributed by atoms with E-state index in [9.17, 15) is 9.59 Å². The molecule has 2 bridgehead atoms. The van der Waals surface area contributed by atoms with Crippen molar-refractivity contribution in [3.8, 4) is 0 Å². The highest BCUT2D eigenvalue weighted by molar-refractivity contribution is 6.03. The molecule has 0 atom stereocenters. The Labute approximate surface area is 154 Å². The third-order valence-corrected chi connectivity index (χ3v) is 4.58. The van der Waals surface area contributed by atoms with E-state index in [0.29, 0.717) is 13.2 Å². The van der Waals surface area contributed by atoms with Gasteiger partial charge < -0.3 is 9.47 Å². The number of hydrogen-bond donors (Lipinski definition) is 0. The number of aryl methyl sites for hydroxylation is 2. The summed E-state index contributed by atoms with van der Waals surface area (Å²) < 4.78 is 10.7. The zero-order valence-corrected chi connectivity index (χ0v) is 14.9. The Bertz CT molecular complexity index is 685. The van der Waals surface area contributed by atoms with Gasteiger partial charge in [0.05, 0.1) is 24.3 Å². The van der Waals surface area contributed by atoms with Crippen LogP contribution in [0.25, 0.3) is 0 Å². The molecular formula is C22H24O4. The maximum atomic E-state index is 12.3. The van der Waals surface area contributed by atoms with E-state index in [0.717, 1.165) is 38.5 Å².